The molecule has 1 aromatic carbocycles. The maximum absolute atomic E-state index is 15.1. The number of rotatable bonds is 7. The van der Waals surface area contributed by atoms with E-state index in [9.17, 15) is 9.59 Å². The second-order valence-corrected chi connectivity index (χ2v) is 11.8. The van der Waals surface area contributed by atoms with Crippen molar-refractivity contribution in [2.75, 3.05) is 44.4 Å². The van der Waals surface area contributed by atoms with E-state index in [2.05, 4.69) is 9.97 Å². The van der Waals surface area contributed by atoms with Crippen LogP contribution in [0.4, 0.5) is 19.4 Å². The van der Waals surface area contributed by atoms with Crippen molar-refractivity contribution in [3.05, 3.63) is 53.2 Å². The van der Waals surface area contributed by atoms with E-state index in [1.165, 1.54) is 35.5 Å². The number of nitrogens with two attached hydrogens (primary N) is 1. The predicted octanol–water partition coefficient (Wildman–Crippen LogP) is 3.78. The Bertz CT molecular complexity index is 1370. The van der Waals surface area contributed by atoms with Gasteiger partial charge in [-0.2, -0.15) is 0 Å². The molecule has 13 heteroatoms. The fourth-order valence-corrected chi connectivity index (χ4v) is 6.48. The molecular weight excluding hydrogens is 542 g/mol. The first-order valence-corrected chi connectivity index (χ1v) is 13.7. The van der Waals surface area contributed by atoms with E-state index in [0.717, 1.165) is 11.8 Å². The van der Waals surface area contributed by atoms with Gasteiger partial charge in [0.05, 0.1) is 32.2 Å². The number of amides is 2. The number of ether oxygens (including phenoxy) is 2. The molecule has 3 N–H and O–H groups in total. The molecule has 10 nitrogen and oxygen atoms in total. The van der Waals surface area contributed by atoms with Gasteiger partial charge in [0.2, 0.25) is 5.91 Å². The second kappa shape index (κ2) is 10.8. The number of aromatic nitrogens is 2. The van der Waals surface area contributed by atoms with Gasteiger partial charge in [-0.15, -0.1) is 0 Å². The SMILES string of the molecule is C[C@@](SC(=N)N)(C(=O)N1CCOCC1)[C@]1(C)C[C@@H]1c1cc(/C=C(\F)c2cnc(N3CCOC3=O)cn2)ccc1F. The number of benzene rings is 1. The zero-order valence-corrected chi connectivity index (χ0v) is 23.0. The van der Waals surface area contributed by atoms with E-state index in [4.69, 9.17) is 20.6 Å². The van der Waals surface area contributed by atoms with Gasteiger partial charge in [-0.25, -0.2) is 23.5 Å². The van der Waals surface area contributed by atoms with Gasteiger partial charge < -0.3 is 20.1 Å². The van der Waals surface area contributed by atoms with Crippen LogP contribution in [0.1, 0.15) is 43.0 Å². The topological polar surface area (TPSA) is 135 Å². The van der Waals surface area contributed by atoms with E-state index < -0.39 is 27.9 Å². The van der Waals surface area contributed by atoms with E-state index in [1.54, 1.807) is 17.9 Å². The molecule has 2 aliphatic heterocycles. The number of morpholine rings is 1. The Labute approximate surface area is 234 Å². The molecule has 2 saturated heterocycles. The zero-order valence-electron chi connectivity index (χ0n) is 22.2. The van der Waals surface area contributed by atoms with Gasteiger partial charge in [0.15, 0.2) is 16.8 Å². The molecule has 0 spiro atoms. The lowest BCUT2D eigenvalue weighted by Crippen LogP contribution is -2.54. The predicted molar refractivity (Wildman–Crippen MR) is 147 cm³/mol. The number of hydrogen-bond acceptors (Lipinski definition) is 8. The highest BCUT2D eigenvalue weighted by Crippen LogP contribution is 2.69. The number of carbonyl (C=O) groups excluding carboxylic acids is 2. The summed E-state index contributed by atoms with van der Waals surface area (Å²) >= 11 is 0.987. The van der Waals surface area contributed by atoms with Crippen molar-refractivity contribution in [2.24, 2.45) is 11.1 Å². The summed E-state index contributed by atoms with van der Waals surface area (Å²) in [5, 5.41) is 7.74. The van der Waals surface area contributed by atoms with Gasteiger partial charge in [0.1, 0.15) is 22.9 Å². The minimum Gasteiger partial charge on any atom is -0.447 e. The van der Waals surface area contributed by atoms with Crippen LogP contribution < -0.4 is 10.6 Å². The minimum atomic E-state index is -1.11. The molecule has 1 aliphatic carbocycles. The first kappa shape index (κ1) is 28.0. The van der Waals surface area contributed by atoms with Gasteiger partial charge in [-0.3, -0.25) is 15.1 Å². The van der Waals surface area contributed by atoms with Gasteiger partial charge in [0.25, 0.3) is 0 Å². The molecule has 1 aromatic heterocycles. The monoisotopic (exact) mass is 572 g/mol. The van der Waals surface area contributed by atoms with Crippen molar-refractivity contribution in [2.45, 2.75) is 30.9 Å². The van der Waals surface area contributed by atoms with Crippen molar-refractivity contribution in [3.8, 4) is 0 Å². The van der Waals surface area contributed by atoms with Crippen molar-refractivity contribution in [1.82, 2.24) is 14.9 Å². The molecule has 0 radical (unpaired) electrons. The lowest BCUT2D eigenvalue weighted by atomic mass is 9.85. The number of carbonyl (C=O) groups is 2. The second-order valence-electron chi connectivity index (χ2n) is 10.4. The summed E-state index contributed by atoms with van der Waals surface area (Å²) < 4.78 is 39.4. The molecular formula is C27H30F2N6O4S. The molecule has 212 valence electrons. The normalized spacial score (nSPS) is 24.4. The maximum atomic E-state index is 15.1. The van der Waals surface area contributed by atoms with E-state index in [0.29, 0.717) is 50.4 Å². The van der Waals surface area contributed by atoms with Gasteiger partial charge in [0, 0.05) is 13.1 Å². The number of cyclic esters (lactones) is 1. The first-order valence-electron chi connectivity index (χ1n) is 12.9. The molecule has 0 unspecified atom stereocenters. The van der Waals surface area contributed by atoms with Gasteiger partial charge >= 0.3 is 6.09 Å². The highest BCUT2D eigenvalue weighted by atomic mass is 32.2. The van der Waals surface area contributed by atoms with Gasteiger partial charge in [-0.05, 0) is 54.0 Å². The first-order chi connectivity index (χ1) is 19.0. The summed E-state index contributed by atoms with van der Waals surface area (Å²) in [5.41, 5.74) is 5.80. The number of halogens is 2. The fraction of sp³-hybridized carbons (Fsp3) is 0.444. The number of anilines is 1. The minimum absolute atomic E-state index is 0.0417. The fourth-order valence-electron chi connectivity index (χ4n) is 5.36. The van der Waals surface area contributed by atoms with E-state index in [1.807, 2.05) is 6.92 Å². The van der Waals surface area contributed by atoms with Crippen LogP contribution in [0.5, 0.6) is 0 Å². The number of hydrogen-bond donors (Lipinski definition) is 2. The zero-order chi connectivity index (χ0) is 28.7. The molecule has 40 heavy (non-hydrogen) atoms. The molecule has 3 heterocycles. The third kappa shape index (κ3) is 5.15. The molecule has 5 rings (SSSR count). The standard InChI is InChI=1S/C27H30F2N6O4S/c1-26(27(2,40-24(30)31)23(36)34-5-8-38-9-6-34)13-18(26)17-11-16(3-4-19(17)28)12-20(29)21-14-33-22(15-32-21)35-7-10-39-25(35)37/h3-4,11-12,14-15,18H,5-10,13H2,1-2H3,(H3,30,31)/b20-12-/t18-,26-,27-/m1/s1. The largest absolute Gasteiger partial charge is 0.447 e. The van der Waals surface area contributed by atoms with Crippen molar-refractivity contribution in [3.63, 3.8) is 0 Å². The summed E-state index contributed by atoms with van der Waals surface area (Å²) in [6.07, 6.45) is 3.71. The van der Waals surface area contributed by atoms with Crippen molar-refractivity contribution >= 4 is 46.7 Å². The van der Waals surface area contributed by atoms with E-state index >= 15 is 8.78 Å². The molecule has 2 aromatic rings. The number of thioether (sulfide) groups is 1. The summed E-state index contributed by atoms with van der Waals surface area (Å²) in [5.74, 6) is -1.38. The van der Waals surface area contributed by atoms with E-state index in [-0.39, 0.29) is 35.1 Å². The summed E-state index contributed by atoms with van der Waals surface area (Å²) in [7, 11) is 0. The van der Waals surface area contributed by atoms with Crippen LogP contribution in [-0.4, -0.2) is 76.2 Å². The van der Waals surface area contributed by atoms with Crippen LogP contribution in [0.3, 0.4) is 0 Å². The summed E-state index contributed by atoms with van der Waals surface area (Å²) in [6, 6.07) is 4.31. The number of nitrogens with zero attached hydrogens (tertiary/aromatic N) is 4. The van der Waals surface area contributed by atoms with Gasteiger partial charge in [-0.1, -0.05) is 24.8 Å². The van der Waals surface area contributed by atoms with Crippen LogP contribution in [-0.2, 0) is 14.3 Å². The Morgan fingerprint density at radius 3 is 2.62 bits per heavy atom. The number of nitrogens with one attached hydrogen (secondary N) is 1. The Kier molecular flexibility index (Phi) is 7.53. The Balaban J connectivity index is 1.38. The highest BCUT2D eigenvalue weighted by Gasteiger charge is 2.66. The maximum Gasteiger partial charge on any atom is 0.415 e. The van der Waals surface area contributed by atoms with Crippen LogP contribution in [0.25, 0.3) is 11.9 Å². The molecule has 2 amide bonds. The van der Waals surface area contributed by atoms with Crippen LogP contribution in [0.2, 0.25) is 0 Å². The average Bonchev–Trinajstić information content (AvgIpc) is 3.46. The molecule has 3 atom stereocenters. The Morgan fingerprint density at radius 2 is 2.00 bits per heavy atom. The molecule has 3 aliphatic rings. The summed E-state index contributed by atoms with van der Waals surface area (Å²) in [4.78, 5) is 36.6. The van der Waals surface area contributed by atoms with Crippen molar-refractivity contribution < 1.29 is 27.8 Å². The Hall–Kier alpha value is -3.58. The molecule has 1 saturated carbocycles. The average molecular weight is 573 g/mol. The third-order valence-corrected chi connectivity index (χ3v) is 9.23. The molecule has 0 bridgehead atoms. The smallest absolute Gasteiger partial charge is 0.415 e. The van der Waals surface area contributed by atoms with Crippen molar-refractivity contribution in [1.29, 1.82) is 5.41 Å². The third-order valence-electron chi connectivity index (χ3n) is 7.96. The quantitative estimate of drug-likeness (QED) is 0.378. The van der Waals surface area contributed by atoms with Crippen LogP contribution in [0.15, 0.2) is 30.6 Å². The van der Waals surface area contributed by atoms with Crippen LogP contribution in [0, 0.1) is 16.6 Å². The molecule has 3 fully saturated rings. The highest BCUT2D eigenvalue weighted by molar-refractivity contribution is 8.15. The lowest BCUT2D eigenvalue weighted by Gasteiger charge is -2.40. The number of amidine groups is 1. The van der Waals surface area contributed by atoms with Crippen LogP contribution >= 0.6 is 11.8 Å². The lowest BCUT2D eigenvalue weighted by molar-refractivity contribution is -0.139. The summed E-state index contributed by atoms with van der Waals surface area (Å²) in [6.45, 7) is 5.99. The Morgan fingerprint density at radius 1 is 1.25 bits per heavy atom.